The fourth-order valence-electron chi connectivity index (χ4n) is 3.86. The summed E-state index contributed by atoms with van der Waals surface area (Å²) in [6.07, 6.45) is 0. The predicted molar refractivity (Wildman–Crippen MR) is 148 cm³/mol. The topological polar surface area (TPSA) is 114 Å². The van der Waals surface area contributed by atoms with E-state index in [-0.39, 0.29) is 34.9 Å². The van der Waals surface area contributed by atoms with Crippen molar-refractivity contribution in [3.63, 3.8) is 0 Å². The lowest BCUT2D eigenvalue weighted by molar-refractivity contribution is -0.113. The number of nitriles is 1. The minimum Gasteiger partial charge on any atom is -0.484 e. The van der Waals surface area contributed by atoms with Gasteiger partial charge in [-0.15, -0.1) is 10.2 Å². The number of nitrogens with one attached hydrogen (secondary N) is 1. The first-order valence-electron chi connectivity index (χ1n) is 11.8. The Hall–Kier alpha value is -4.52. The monoisotopic (exact) mass is 556 g/mol. The van der Waals surface area contributed by atoms with Crippen molar-refractivity contribution < 1.29 is 18.4 Å². The molecule has 0 atom stereocenters. The molecule has 2 aromatic heterocycles. The lowest BCUT2D eigenvalue weighted by Gasteiger charge is -2.06. The lowest BCUT2D eigenvalue weighted by Crippen LogP contribution is -2.14. The average molecular weight is 557 g/mol. The predicted octanol–water partition coefficient (Wildman–Crippen LogP) is 7.14. The smallest absolute Gasteiger partial charge is 0.277 e. The summed E-state index contributed by atoms with van der Waals surface area (Å²) in [6.45, 7) is 1.96. The molecule has 0 bridgehead atoms. The van der Waals surface area contributed by atoms with E-state index >= 15 is 0 Å². The Morgan fingerprint density at radius 1 is 1.03 bits per heavy atom. The van der Waals surface area contributed by atoms with E-state index in [2.05, 4.69) is 21.6 Å². The van der Waals surface area contributed by atoms with Crippen LogP contribution >= 0.6 is 23.4 Å². The molecule has 10 heteroatoms. The van der Waals surface area contributed by atoms with Crippen LogP contribution in [0.1, 0.15) is 17.0 Å². The molecule has 194 valence electrons. The number of hydrogen-bond donors (Lipinski definition) is 1. The summed E-state index contributed by atoms with van der Waals surface area (Å²) in [7, 11) is 0. The van der Waals surface area contributed by atoms with E-state index in [0.29, 0.717) is 22.1 Å². The molecule has 39 heavy (non-hydrogen) atoms. The standard InChI is InChI=1S/C29H21ClN4O4S/c1-18-14-21(30)12-13-23(18)36-16-25-33-34-29(37-25)39-17-24(35)32-28-22(15-31)26(19-8-4-2-5-9-19)27(38-28)20-10-6-3-7-11-20/h2-14H,16-17H2,1H3,(H,32,35). The van der Waals surface area contributed by atoms with E-state index in [1.54, 1.807) is 18.2 Å². The van der Waals surface area contributed by atoms with Crippen molar-refractivity contribution in [3.05, 3.63) is 101 Å². The Morgan fingerprint density at radius 3 is 2.44 bits per heavy atom. The molecule has 5 rings (SSSR count). The Balaban J connectivity index is 1.27. The van der Waals surface area contributed by atoms with Crippen LogP contribution in [0.25, 0.3) is 22.5 Å². The van der Waals surface area contributed by atoms with Gasteiger partial charge >= 0.3 is 0 Å². The largest absolute Gasteiger partial charge is 0.484 e. The molecule has 0 saturated carbocycles. The highest BCUT2D eigenvalue weighted by Gasteiger charge is 2.24. The van der Waals surface area contributed by atoms with Crippen molar-refractivity contribution in [3.8, 4) is 34.3 Å². The summed E-state index contributed by atoms with van der Waals surface area (Å²) in [5, 5.41) is 21.5. The Bertz CT molecular complexity index is 1650. The van der Waals surface area contributed by atoms with Gasteiger partial charge in [0.1, 0.15) is 23.1 Å². The first kappa shape index (κ1) is 26.1. The number of hydrogen-bond acceptors (Lipinski definition) is 8. The van der Waals surface area contributed by atoms with Gasteiger partial charge in [-0.2, -0.15) is 5.26 Å². The molecule has 0 saturated heterocycles. The molecule has 0 aliphatic heterocycles. The number of amides is 1. The number of ether oxygens (including phenoxy) is 1. The Kier molecular flexibility index (Phi) is 7.96. The highest BCUT2D eigenvalue weighted by molar-refractivity contribution is 7.99. The van der Waals surface area contributed by atoms with E-state index in [0.717, 1.165) is 28.5 Å². The summed E-state index contributed by atoms with van der Waals surface area (Å²) < 4.78 is 17.4. The number of furan rings is 1. The number of nitrogens with zero attached hydrogens (tertiary/aromatic N) is 3. The number of thioether (sulfide) groups is 1. The Morgan fingerprint density at radius 2 is 1.74 bits per heavy atom. The summed E-state index contributed by atoms with van der Waals surface area (Å²) in [5.41, 5.74) is 3.34. The summed E-state index contributed by atoms with van der Waals surface area (Å²) in [4.78, 5) is 12.8. The van der Waals surface area contributed by atoms with E-state index in [4.69, 9.17) is 25.2 Å². The van der Waals surface area contributed by atoms with E-state index in [1.807, 2.05) is 67.6 Å². The van der Waals surface area contributed by atoms with Gasteiger partial charge in [0.25, 0.3) is 11.1 Å². The van der Waals surface area contributed by atoms with Crippen molar-refractivity contribution in [2.45, 2.75) is 18.8 Å². The van der Waals surface area contributed by atoms with Crippen LogP contribution in [0.5, 0.6) is 5.75 Å². The maximum Gasteiger partial charge on any atom is 0.277 e. The number of carbonyl (C=O) groups is 1. The molecular formula is C29H21ClN4O4S. The second-order valence-electron chi connectivity index (χ2n) is 8.35. The zero-order chi connectivity index (χ0) is 27.2. The first-order chi connectivity index (χ1) is 19.0. The molecule has 0 aliphatic carbocycles. The van der Waals surface area contributed by atoms with Crippen molar-refractivity contribution in [1.29, 1.82) is 5.26 Å². The van der Waals surface area contributed by atoms with Crippen LogP contribution in [0.2, 0.25) is 5.02 Å². The van der Waals surface area contributed by atoms with Crippen LogP contribution < -0.4 is 10.1 Å². The van der Waals surface area contributed by atoms with Gasteiger partial charge in [-0.25, -0.2) is 0 Å². The van der Waals surface area contributed by atoms with Gasteiger partial charge in [-0.1, -0.05) is 84.0 Å². The molecule has 3 aromatic carbocycles. The van der Waals surface area contributed by atoms with Crippen molar-refractivity contribution in [2.24, 2.45) is 0 Å². The number of halogens is 1. The molecule has 5 aromatic rings. The molecule has 8 nitrogen and oxygen atoms in total. The van der Waals surface area contributed by atoms with Gasteiger partial charge in [0.05, 0.1) is 5.75 Å². The second-order valence-corrected chi connectivity index (χ2v) is 9.71. The van der Waals surface area contributed by atoms with Crippen molar-refractivity contribution in [2.75, 3.05) is 11.1 Å². The third-order valence-corrected chi connectivity index (χ3v) is 6.69. The molecule has 1 N–H and O–H groups in total. The first-order valence-corrected chi connectivity index (χ1v) is 13.2. The zero-order valence-corrected chi connectivity index (χ0v) is 22.3. The van der Waals surface area contributed by atoms with Gasteiger partial charge in [0, 0.05) is 16.1 Å². The quantitative estimate of drug-likeness (QED) is 0.190. The number of rotatable bonds is 9. The minimum atomic E-state index is -0.391. The number of carbonyl (C=O) groups excluding carboxylic acids is 1. The van der Waals surface area contributed by atoms with Crippen LogP contribution in [0.15, 0.2) is 92.9 Å². The van der Waals surface area contributed by atoms with E-state index in [1.165, 1.54) is 0 Å². The summed E-state index contributed by atoms with van der Waals surface area (Å²) in [5.74, 6) is 1.08. The molecule has 0 unspecified atom stereocenters. The highest BCUT2D eigenvalue weighted by Crippen LogP contribution is 2.41. The highest BCUT2D eigenvalue weighted by atomic mass is 35.5. The fraction of sp³-hybridized carbons (Fsp3) is 0.103. The maximum atomic E-state index is 12.8. The SMILES string of the molecule is Cc1cc(Cl)ccc1OCc1nnc(SCC(=O)Nc2oc(-c3ccccc3)c(-c3ccccc3)c2C#N)o1. The van der Waals surface area contributed by atoms with Crippen molar-refractivity contribution in [1.82, 2.24) is 10.2 Å². The molecule has 0 aliphatic rings. The minimum absolute atomic E-state index is 0.0360. The average Bonchev–Trinajstić information content (AvgIpc) is 3.56. The molecule has 2 heterocycles. The maximum absolute atomic E-state index is 12.8. The van der Waals surface area contributed by atoms with Crippen LogP contribution in [0, 0.1) is 18.3 Å². The summed E-state index contributed by atoms with van der Waals surface area (Å²) in [6, 6.07) is 26.4. The third-order valence-electron chi connectivity index (χ3n) is 5.63. The molecule has 1 amide bonds. The molecule has 0 radical (unpaired) electrons. The van der Waals surface area contributed by atoms with Gasteiger partial charge in [-0.05, 0) is 36.2 Å². The lowest BCUT2D eigenvalue weighted by atomic mass is 9.98. The molecule has 0 spiro atoms. The van der Waals surface area contributed by atoms with Crippen LogP contribution in [0.4, 0.5) is 5.88 Å². The zero-order valence-electron chi connectivity index (χ0n) is 20.7. The molecule has 0 fully saturated rings. The van der Waals surface area contributed by atoms with Gasteiger partial charge in [-0.3, -0.25) is 10.1 Å². The van der Waals surface area contributed by atoms with Crippen LogP contribution in [-0.4, -0.2) is 21.9 Å². The van der Waals surface area contributed by atoms with Gasteiger partial charge in [0.15, 0.2) is 6.61 Å². The number of aryl methyl sites for hydroxylation is 1. The van der Waals surface area contributed by atoms with E-state index in [9.17, 15) is 10.1 Å². The summed E-state index contributed by atoms with van der Waals surface area (Å²) >= 11 is 7.04. The van der Waals surface area contributed by atoms with Gasteiger partial charge in [0.2, 0.25) is 11.8 Å². The van der Waals surface area contributed by atoms with Gasteiger partial charge < -0.3 is 13.6 Å². The molecular weight excluding hydrogens is 536 g/mol. The normalized spacial score (nSPS) is 10.7. The number of aromatic nitrogens is 2. The fourth-order valence-corrected chi connectivity index (χ4v) is 4.67. The van der Waals surface area contributed by atoms with Crippen molar-refractivity contribution >= 4 is 35.2 Å². The van der Waals surface area contributed by atoms with Crippen LogP contribution in [0.3, 0.4) is 0 Å². The Labute approximate surface area is 233 Å². The third kappa shape index (κ3) is 6.14. The number of benzene rings is 3. The van der Waals surface area contributed by atoms with Crippen LogP contribution in [-0.2, 0) is 11.4 Å². The van der Waals surface area contributed by atoms with E-state index < -0.39 is 5.91 Å². The second kappa shape index (κ2) is 11.9. The number of anilines is 1.